The first-order valence-electron chi connectivity index (χ1n) is 5.27. The van der Waals surface area contributed by atoms with Gasteiger partial charge in [0.25, 0.3) is 0 Å². The van der Waals surface area contributed by atoms with Crippen molar-refractivity contribution in [3.05, 3.63) is 35.6 Å². The molecular formula is C12H18FNO2. The van der Waals surface area contributed by atoms with Gasteiger partial charge in [0.15, 0.2) is 0 Å². The quantitative estimate of drug-likeness (QED) is 0.709. The van der Waals surface area contributed by atoms with E-state index in [0.29, 0.717) is 0 Å². The Hall–Kier alpha value is -0.970. The van der Waals surface area contributed by atoms with Crippen LogP contribution in [0.25, 0.3) is 0 Å². The summed E-state index contributed by atoms with van der Waals surface area (Å²) in [4.78, 5) is 0. The monoisotopic (exact) mass is 227 g/mol. The smallest absolute Gasteiger partial charge is 0.123 e. The number of hydrogen-bond acceptors (Lipinski definition) is 3. The molecule has 4 heteroatoms. The van der Waals surface area contributed by atoms with Crippen LogP contribution in [-0.4, -0.2) is 29.0 Å². The zero-order chi connectivity index (χ0) is 12.2. The van der Waals surface area contributed by atoms with E-state index in [2.05, 4.69) is 5.32 Å². The highest BCUT2D eigenvalue weighted by Crippen LogP contribution is 2.14. The molecule has 0 heterocycles. The van der Waals surface area contributed by atoms with Crippen molar-refractivity contribution < 1.29 is 14.6 Å². The molecule has 0 aromatic heterocycles. The Labute approximate surface area is 94.9 Å². The number of halogens is 1. The van der Waals surface area contributed by atoms with Crippen LogP contribution in [0.2, 0.25) is 0 Å². The van der Waals surface area contributed by atoms with Crippen molar-refractivity contribution in [2.24, 2.45) is 0 Å². The molecule has 0 aliphatic heterocycles. The number of nitrogens with one attached hydrogen (secondary N) is 1. The minimum absolute atomic E-state index is 0.0753. The molecule has 3 nitrogen and oxygen atoms in total. The Morgan fingerprint density at radius 1 is 1.50 bits per heavy atom. The molecule has 0 aliphatic rings. The molecule has 16 heavy (non-hydrogen) atoms. The molecule has 3 N–H and O–H groups in total. The topological polar surface area (TPSA) is 52.5 Å². The van der Waals surface area contributed by atoms with Crippen LogP contribution < -0.4 is 5.32 Å². The number of benzene rings is 1. The first-order valence-corrected chi connectivity index (χ1v) is 5.27. The summed E-state index contributed by atoms with van der Waals surface area (Å²) in [6.07, 6.45) is 0. The summed E-state index contributed by atoms with van der Waals surface area (Å²) < 4.78 is 13.0. The molecular weight excluding hydrogens is 209 g/mol. The van der Waals surface area contributed by atoms with E-state index < -0.39 is 5.60 Å². The summed E-state index contributed by atoms with van der Waals surface area (Å²) in [6, 6.07) is 6.22. The fraction of sp³-hybridized carbons (Fsp3) is 0.500. The van der Waals surface area contributed by atoms with E-state index in [0.717, 1.165) is 5.56 Å². The Bertz CT molecular complexity index is 342. The van der Waals surface area contributed by atoms with E-state index in [9.17, 15) is 9.50 Å². The summed E-state index contributed by atoms with van der Waals surface area (Å²) in [5.74, 6) is -0.278. The van der Waals surface area contributed by atoms with Crippen LogP contribution in [0.5, 0.6) is 0 Å². The second-order valence-corrected chi connectivity index (χ2v) is 4.31. The molecule has 0 amide bonds. The second-order valence-electron chi connectivity index (χ2n) is 4.31. The fourth-order valence-corrected chi connectivity index (χ4v) is 1.32. The SMILES string of the molecule is CC(NCC(C)(O)CO)c1cccc(F)c1. The van der Waals surface area contributed by atoms with Crippen molar-refractivity contribution in [1.82, 2.24) is 5.32 Å². The lowest BCUT2D eigenvalue weighted by Crippen LogP contribution is -2.41. The van der Waals surface area contributed by atoms with Gasteiger partial charge in [-0.2, -0.15) is 0 Å². The molecule has 0 fully saturated rings. The van der Waals surface area contributed by atoms with Crippen LogP contribution >= 0.6 is 0 Å². The number of aliphatic hydroxyl groups is 2. The normalized spacial score (nSPS) is 16.8. The lowest BCUT2D eigenvalue weighted by molar-refractivity contribution is 0.00106. The Morgan fingerprint density at radius 3 is 2.75 bits per heavy atom. The van der Waals surface area contributed by atoms with Gasteiger partial charge in [-0.05, 0) is 31.5 Å². The van der Waals surface area contributed by atoms with Gasteiger partial charge in [0, 0.05) is 12.6 Å². The predicted molar refractivity (Wildman–Crippen MR) is 60.5 cm³/mol. The van der Waals surface area contributed by atoms with Gasteiger partial charge >= 0.3 is 0 Å². The van der Waals surface area contributed by atoms with Crippen LogP contribution in [0.4, 0.5) is 4.39 Å². The van der Waals surface area contributed by atoms with Gasteiger partial charge < -0.3 is 15.5 Å². The summed E-state index contributed by atoms with van der Waals surface area (Å²) in [7, 11) is 0. The number of rotatable bonds is 5. The maximum atomic E-state index is 13.0. The molecule has 1 aromatic carbocycles. The maximum absolute atomic E-state index is 13.0. The Kier molecular flexibility index (Phi) is 4.41. The average molecular weight is 227 g/mol. The third-order valence-corrected chi connectivity index (χ3v) is 2.48. The largest absolute Gasteiger partial charge is 0.393 e. The minimum atomic E-state index is -1.15. The molecule has 2 atom stereocenters. The van der Waals surface area contributed by atoms with Crippen molar-refractivity contribution in [2.75, 3.05) is 13.2 Å². The molecule has 2 unspecified atom stereocenters. The van der Waals surface area contributed by atoms with E-state index in [1.807, 2.05) is 13.0 Å². The lowest BCUT2D eigenvalue weighted by Gasteiger charge is -2.24. The van der Waals surface area contributed by atoms with Gasteiger partial charge in [-0.3, -0.25) is 0 Å². The fourth-order valence-electron chi connectivity index (χ4n) is 1.32. The van der Waals surface area contributed by atoms with Gasteiger partial charge in [0.2, 0.25) is 0 Å². The molecule has 0 bridgehead atoms. The van der Waals surface area contributed by atoms with E-state index in [1.54, 1.807) is 6.07 Å². The molecule has 0 aliphatic carbocycles. The highest BCUT2D eigenvalue weighted by Gasteiger charge is 2.19. The first-order chi connectivity index (χ1) is 7.44. The summed E-state index contributed by atoms with van der Waals surface area (Å²) in [5, 5.41) is 21.5. The molecule has 0 saturated carbocycles. The third kappa shape index (κ3) is 3.89. The summed E-state index contributed by atoms with van der Waals surface area (Å²) >= 11 is 0. The molecule has 0 saturated heterocycles. The van der Waals surface area contributed by atoms with Gasteiger partial charge in [-0.15, -0.1) is 0 Å². The highest BCUT2D eigenvalue weighted by atomic mass is 19.1. The summed E-state index contributed by atoms with van der Waals surface area (Å²) in [6.45, 7) is 3.36. The van der Waals surface area contributed by atoms with E-state index in [-0.39, 0.29) is 25.0 Å². The van der Waals surface area contributed by atoms with E-state index in [4.69, 9.17) is 5.11 Å². The summed E-state index contributed by atoms with van der Waals surface area (Å²) in [5.41, 5.74) is -0.338. The minimum Gasteiger partial charge on any atom is -0.393 e. The standard InChI is InChI=1S/C12H18FNO2/c1-9(14-7-12(2,16)8-15)10-4-3-5-11(13)6-10/h3-6,9,14-16H,7-8H2,1-2H3. The zero-order valence-electron chi connectivity index (χ0n) is 9.57. The second kappa shape index (κ2) is 5.39. The number of aliphatic hydroxyl groups excluding tert-OH is 1. The van der Waals surface area contributed by atoms with Crippen LogP contribution in [0.3, 0.4) is 0 Å². The Morgan fingerprint density at radius 2 is 2.19 bits per heavy atom. The van der Waals surface area contributed by atoms with E-state index >= 15 is 0 Å². The van der Waals surface area contributed by atoms with Gasteiger partial charge in [-0.1, -0.05) is 12.1 Å². The Balaban J connectivity index is 2.56. The van der Waals surface area contributed by atoms with Crippen LogP contribution in [0.15, 0.2) is 24.3 Å². The van der Waals surface area contributed by atoms with Crippen molar-refractivity contribution in [2.45, 2.75) is 25.5 Å². The van der Waals surface area contributed by atoms with Crippen LogP contribution in [-0.2, 0) is 0 Å². The molecule has 1 aromatic rings. The van der Waals surface area contributed by atoms with Crippen molar-refractivity contribution in [3.8, 4) is 0 Å². The lowest BCUT2D eigenvalue weighted by atomic mass is 10.1. The maximum Gasteiger partial charge on any atom is 0.123 e. The average Bonchev–Trinajstić information content (AvgIpc) is 2.26. The molecule has 0 spiro atoms. The van der Waals surface area contributed by atoms with Gasteiger partial charge in [0.05, 0.1) is 12.2 Å². The molecule has 1 rings (SSSR count). The number of hydrogen-bond donors (Lipinski definition) is 3. The predicted octanol–water partition coefficient (Wildman–Crippen LogP) is 1.22. The van der Waals surface area contributed by atoms with Gasteiger partial charge in [-0.25, -0.2) is 4.39 Å². The van der Waals surface area contributed by atoms with Gasteiger partial charge in [0.1, 0.15) is 5.82 Å². The van der Waals surface area contributed by atoms with Crippen molar-refractivity contribution in [1.29, 1.82) is 0 Å². The molecule has 90 valence electrons. The third-order valence-electron chi connectivity index (χ3n) is 2.48. The van der Waals surface area contributed by atoms with E-state index in [1.165, 1.54) is 19.1 Å². The van der Waals surface area contributed by atoms with Crippen molar-refractivity contribution >= 4 is 0 Å². The van der Waals surface area contributed by atoms with Crippen LogP contribution in [0.1, 0.15) is 25.5 Å². The zero-order valence-corrected chi connectivity index (χ0v) is 9.57. The highest BCUT2D eigenvalue weighted by molar-refractivity contribution is 5.19. The first kappa shape index (κ1) is 13.1. The van der Waals surface area contributed by atoms with Crippen molar-refractivity contribution in [3.63, 3.8) is 0 Å². The molecule has 0 radical (unpaired) electrons. The van der Waals surface area contributed by atoms with Crippen LogP contribution in [0, 0.1) is 5.82 Å².